The number of benzene rings is 1. The van der Waals surface area contributed by atoms with Gasteiger partial charge in [0, 0.05) is 26.2 Å². The summed E-state index contributed by atoms with van der Waals surface area (Å²) >= 11 is 0. The molecule has 134 valence electrons. The van der Waals surface area contributed by atoms with Gasteiger partial charge < -0.3 is 19.6 Å². The molecule has 1 aromatic rings. The predicted octanol–water partition coefficient (Wildman–Crippen LogP) is 2.39. The summed E-state index contributed by atoms with van der Waals surface area (Å²) in [6.07, 6.45) is 2.90. The molecule has 1 N–H and O–H groups in total. The van der Waals surface area contributed by atoms with E-state index in [-0.39, 0.29) is 18.4 Å². The summed E-state index contributed by atoms with van der Waals surface area (Å²) in [6.45, 7) is 3.21. The molecule has 7 heteroatoms. The van der Waals surface area contributed by atoms with Gasteiger partial charge in [0.25, 0.3) is 5.09 Å². The Labute approximate surface area is 142 Å². The Kier molecular flexibility index (Phi) is 7.77. The molecule has 0 aliphatic carbocycles. The number of unbranched alkanes of at least 4 members (excludes halogenated alkanes) is 1. The van der Waals surface area contributed by atoms with Crippen molar-refractivity contribution in [1.82, 2.24) is 5.32 Å². The Balaban J connectivity index is 1.86. The molecule has 0 saturated carbocycles. The number of nitrogens with zero attached hydrogens (tertiary/aromatic N) is 1. The standard InChI is InChI=1S/C17H26N2O5/c1-22-10-2-3-11-23-16-6-4-14(5-7-16)17-8-9-18-12-15(17)13-24-19(20)21/h4-7,15,17-18H,2-3,8-13H2,1H3. The molecule has 0 amide bonds. The maximum Gasteiger partial charge on any atom is 0.294 e. The van der Waals surface area contributed by atoms with E-state index in [9.17, 15) is 10.1 Å². The van der Waals surface area contributed by atoms with Gasteiger partial charge in [0.15, 0.2) is 0 Å². The lowest BCUT2D eigenvalue weighted by molar-refractivity contribution is -0.759. The molecule has 0 bridgehead atoms. The predicted molar refractivity (Wildman–Crippen MR) is 89.7 cm³/mol. The number of hydrogen-bond donors (Lipinski definition) is 1. The third kappa shape index (κ3) is 5.98. The van der Waals surface area contributed by atoms with Gasteiger partial charge in [0.1, 0.15) is 12.4 Å². The molecule has 1 aliphatic heterocycles. The van der Waals surface area contributed by atoms with E-state index in [0.29, 0.717) is 6.61 Å². The Bertz CT molecular complexity index is 494. The monoisotopic (exact) mass is 338 g/mol. The van der Waals surface area contributed by atoms with Gasteiger partial charge in [0.2, 0.25) is 0 Å². The first-order chi connectivity index (χ1) is 11.7. The zero-order valence-corrected chi connectivity index (χ0v) is 14.1. The maximum absolute atomic E-state index is 10.4. The number of methoxy groups -OCH3 is 1. The third-order valence-corrected chi connectivity index (χ3v) is 4.32. The smallest absolute Gasteiger partial charge is 0.294 e. The second-order valence-corrected chi connectivity index (χ2v) is 6.00. The van der Waals surface area contributed by atoms with Crippen molar-refractivity contribution in [2.75, 3.05) is 40.0 Å². The van der Waals surface area contributed by atoms with Crippen LogP contribution in [-0.4, -0.2) is 45.1 Å². The van der Waals surface area contributed by atoms with Gasteiger partial charge >= 0.3 is 0 Å². The summed E-state index contributed by atoms with van der Waals surface area (Å²) in [5, 5.41) is 13.0. The Morgan fingerprint density at radius 1 is 1.25 bits per heavy atom. The van der Waals surface area contributed by atoms with E-state index in [1.165, 1.54) is 5.56 Å². The van der Waals surface area contributed by atoms with Crippen LogP contribution in [-0.2, 0) is 9.57 Å². The molecule has 2 unspecified atom stereocenters. The average molecular weight is 338 g/mol. The summed E-state index contributed by atoms with van der Waals surface area (Å²) < 4.78 is 10.7. The number of nitrogens with one attached hydrogen (secondary N) is 1. The molecule has 7 nitrogen and oxygen atoms in total. The van der Waals surface area contributed by atoms with E-state index in [1.807, 2.05) is 12.1 Å². The third-order valence-electron chi connectivity index (χ3n) is 4.32. The van der Waals surface area contributed by atoms with Gasteiger partial charge in [-0.3, -0.25) is 0 Å². The zero-order valence-electron chi connectivity index (χ0n) is 14.1. The minimum Gasteiger partial charge on any atom is -0.494 e. The lowest BCUT2D eigenvalue weighted by atomic mass is 9.81. The number of rotatable bonds is 10. The van der Waals surface area contributed by atoms with Crippen LogP contribution in [0.25, 0.3) is 0 Å². The van der Waals surface area contributed by atoms with Crippen LogP contribution >= 0.6 is 0 Å². The zero-order chi connectivity index (χ0) is 17.2. The minimum atomic E-state index is -0.716. The second-order valence-electron chi connectivity index (χ2n) is 6.00. The van der Waals surface area contributed by atoms with Gasteiger partial charge in [-0.05, 0) is 49.4 Å². The fraction of sp³-hybridized carbons (Fsp3) is 0.647. The quantitative estimate of drug-likeness (QED) is 0.401. The van der Waals surface area contributed by atoms with Gasteiger partial charge in [-0.25, -0.2) is 0 Å². The SMILES string of the molecule is COCCCCOc1ccc(C2CCNCC2CO[N+](=O)[O-])cc1. The van der Waals surface area contributed by atoms with Gasteiger partial charge in [-0.2, -0.15) is 0 Å². The molecule has 1 aliphatic rings. The van der Waals surface area contributed by atoms with Crippen molar-refractivity contribution < 1.29 is 19.4 Å². The summed E-state index contributed by atoms with van der Waals surface area (Å²) in [4.78, 5) is 15.0. The molecule has 1 aromatic carbocycles. The minimum absolute atomic E-state index is 0.102. The maximum atomic E-state index is 10.4. The average Bonchev–Trinajstić information content (AvgIpc) is 2.60. The van der Waals surface area contributed by atoms with E-state index >= 15 is 0 Å². The highest BCUT2D eigenvalue weighted by Crippen LogP contribution is 2.31. The first kappa shape index (κ1) is 18.5. The molecule has 0 aromatic heterocycles. The highest BCUT2D eigenvalue weighted by atomic mass is 16.9. The summed E-state index contributed by atoms with van der Waals surface area (Å²) in [5.41, 5.74) is 1.18. The van der Waals surface area contributed by atoms with Crippen molar-refractivity contribution in [2.24, 2.45) is 5.92 Å². The molecular weight excluding hydrogens is 312 g/mol. The first-order valence-corrected chi connectivity index (χ1v) is 8.40. The highest BCUT2D eigenvalue weighted by Gasteiger charge is 2.27. The van der Waals surface area contributed by atoms with E-state index < -0.39 is 5.09 Å². The molecular formula is C17H26N2O5. The van der Waals surface area contributed by atoms with E-state index in [4.69, 9.17) is 9.47 Å². The molecule has 0 radical (unpaired) electrons. The second kappa shape index (κ2) is 10.1. The number of hydrogen-bond acceptors (Lipinski definition) is 6. The van der Waals surface area contributed by atoms with E-state index in [0.717, 1.165) is 44.7 Å². The van der Waals surface area contributed by atoms with Crippen LogP contribution in [0.1, 0.15) is 30.7 Å². The number of piperidine rings is 1. The summed E-state index contributed by atoms with van der Waals surface area (Å²) in [5.74, 6) is 1.22. The normalized spacial score (nSPS) is 20.5. The Morgan fingerprint density at radius 3 is 2.71 bits per heavy atom. The largest absolute Gasteiger partial charge is 0.494 e. The van der Waals surface area contributed by atoms with Crippen LogP contribution in [0, 0.1) is 16.0 Å². The lowest BCUT2D eigenvalue weighted by Crippen LogP contribution is -2.38. The molecule has 1 fully saturated rings. The van der Waals surface area contributed by atoms with Crippen LogP contribution < -0.4 is 10.1 Å². The lowest BCUT2D eigenvalue weighted by Gasteiger charge is -2.31. The molecule has 2 atom stereocenters. The topological polar surface area (TPSA) is 82.9 Å². The fourth-order valence-electron chi connectivity index (χ4n) is 3.04. The Hall–Kier alpha value is -1.86. The van der Waals surface area contributed by atoms with Crippen LogP contribution in [0.3, 0.4) is 0 Å². The fourth-order valence-corrected chi connectivity index (χ4v) is 3.04. The van der Waals surface area contributed by atoms with Crippen molar-refractivity contribution in [3.63, 3.8) is 0 Å². The molecule has 2 rings (SSSR count). The van der Waals surface area contributed by atoms with Crippen LogP contribution in [0.15, 0.2) is 24.3 Å². The number of ether oxygens (including phenoxy) is 2. The van der Waals surface area contributed by atoms with Crippen LogP contribution in [0.2, 0.25) is 0 Å². The highest BCUT2D eigenvalue weighted by molar-refractivity contribution is 5.30. The van der Waals surface area contributed by atoms with Crippen LogP contribution in [0.5, 0.6) is 5.75 Å². The van der Waals surface area contributed by atoms with Crippen molar-refractivity contribution >= 4 is 0 Å². The van der Waals surface area contributed by atoms with E-state index in [2.05, 4.69) is 22.3 Å². The van der Waals surface area contributed by atoms with Crippen molar-refractivity contribution in [3.8, 4) is 5.75 Å². The first-order valence-electron chi connectivity index (χ1n) is 8.40. The molecule has 1 heterocycles. The van der Waals surface area contributed by atoms with Gasteiger partial charge in [-0.15, -0.1) is 10.1 Å². The van der Waals surface area contributed by atoms with Crippen molar-refractivity contribution in [2.45, 2.75) is 25.2 Å². The summed E-state index contributed by atoms with van der Waals surface area (Å²) in [6, 6.07) is 8.05. The van der Waals surface area contributed by atoms with Crippen molar-refractivity contribution in [1.29, 1.82) is 0 Å². The van der Waals surface area contributed by atoms with Gasteiger partial charge in [0.05, 0.1) is 6.61 Å². The van der Waals surface area contributed by atoms with Gasteiger partial charge in [-0.1, -0.05) is 12.1 Å². The van der Waals surface area contributed by atoms with Crippen molar-refractivity contribution in [3.05, 3.63) is 39.9 Å². The molecule has 1 saturated heterocycles. The van der Waals surface area contributed by atoms with Crippen LogP contribution in [0.4, 0.5) is 0 Å². The van der Waals surface area contributed by atoms with E-state index in [1.54, 1.807) is 7.11 Å². The Morgan fingerprint density at radius 2 is 2.00 bits per heavy atom. The molecule has 0 spiro atoms. The summed E-state index contributed by atoms with van der Waals surface area (Å²) in [7, 11) is 1.70. The molecule has 24 heavy (non-hydrogen) atoms.